The topological polar surface area (TPSA) is 105 Å². The number of para-hydroxylation sites is 1. The van der Waals surface area contributed by atoms with E-state index in [1.54, 1.807) is 60.7 Å². The van der Waals surface area contributed by atoms with Crippen LogP contribution in [0.2, 0.25) is 0 Å². The molecule has 0 spiro atoms. The van der Waals surface area contributed by atoms with Gasteiger partial charge in [-0.3, -0.25) is 13.9 Å². The highest BCUT2D eigenvalue weighted by molar-refractivity contribution is 7.92. The van der Waals surface area contributed by atoms with Gasteiger partial charge < -0.3 is 15.4 Å². The summed E-state index contributed by atoms with van der Waals surface area (Å²) < 4.78 is 34.2. The lowest BCUT2D eigenvalue weighted by Crippen LogP contribution is -2.32. The van der Waals surface area contributed by atoms with Crippen molar-refractivity contribution in [1.29, 1.82) is 0 Å². The van der Waals surface area contributed by atoms with Crippen molar-refractivity contribution in [3.05, 3.63) is 114 Å². The molecule has 4 aromatic carbocycles. The maximum absolute atomic E-state index is 13.9. The number of hydrogen-bond donors (Lipinski definition) is 2. The minimum Gasteiger partial charge on any atom is -0.497 e. The molecule has 9 heteroatoms. The molecule has 38 heavy (non-hydrogen) atoms. The summed E-state index contributed by atoms with van der Waals surface area (Å²) in [5.74, 6) is -0.147. The van der Waals surface area contributed by atoms with Crippen LogP contribution in [-0.4, -0.2) is 27.3 Å². The third kappa shape index (κ3) is 6.19. The van der Waals surface area contributed by atoms with Crippen molar-refractivity contribution < 1.29 is 22.7 Å². The molecule has 0 heterocycles. The first-order valence-electron chi connectivity index (χ1n) is 11.8. The first-order valence-corrected chi connectivity index (χ1v) is 13.2. The van der Waals surface area contributed by atoms with Crippen molar-refractivity contribution in [3.8, 4) is 5.75 Å². The van der Waals surface area contributed by atoms with Gasteiger partial charge in [0.25, 0.3) is 15.9 Å². The molecule has 4 aromatic rings. The summed E-state index contributed by atoms with van der Waals surface area (Å²) in [4.78, 5) is 24.7. The standard InChI is InChI=1S/C29H27N3O5S/c1-21(33)30-23-12-14-24(15-13-23)31-29(34)27-10-6-7-11-28(27)32(20-22-8-4-3-5-9-22)38(35,36)26-18-16-25(37-2)17-19-26/h3-19H,20H2,1-2H3,(H,30,33)(H,31,34). The van der Waals surface area contributed by atoms with Crippen LogP contribution in [0.5, 0.6) is 5.75 Å². The van der Waals surface area contributed by atoms with Crippen molar-refractivity contribution in [2.45, 2.75) is 18.4 Å². The highest BCUT2D eigenvalue weighted by atomic mass is 32.2. The fourth-order valence-corrected chi connectivity index (χ4v) is 5.32. The van der Waals surface area contributed by atoms with Crippen molar-refractivity contribution in [2.24, 2.45) is 0 Å². The second-order valence-corrected chi connectivity index (χ2v) is 10.3. The van der Waals surface area contributed by atoms with Crippen LogP contribution in [-0.2, 0) is 21.4 Å². The number of amides is 2. The molecule has 0 fully saturated rings. The zero-order valence-corrected chi connectivity index (χ0v) is 21.7. The normalized spacial score (nSPS) is 10.9. The molecule has 0 saturated heterocycles. The van der Waals surface area contributed by atoms with Crippen molar-refractivity contribution in [3.63, 3.8) is 0 Å². The van der Waals surface area contributed by atoms with E-state index in [-0.39, 0.29) is 28.6 Å². The van der Waals surface area contributed by atoms with Gasteiger partial charge in [0.05, 0.1) is 29.8 Å². The average molecular weight is 530 g/mol. The Morgan fingerprint density at radius 2 is 1.34 bits per heavy atom. The Labute approximate surface area is 221 Å². The Kier molecular flexibility index (Phi) is 8.08. The molecule has 2 N–H and O–H groups in total. The molecule has 0 aromatic heterocycles. The maximum atomic E-state index is 13.9. The van der Waals surface area contributed by atoms with Crippen LogP contribution < -0.4 is 19.7 Å². The SMILES string of the molecule is COc1ccc(S(=O)(=O)N(Cc2ccccc2)c2ccccc2C(=O)Nc2ccc(NC(C)=O)cc2)cc1. The number of methoxy groups -OCH3 is 1. The number of hydrogen-bond acceptors (Lipinski definition) is 5. The molecule has 4 rings (SSSR count). The van der Waals surface area contributed by atoms with Crippen molar-refractivity contribution in [2.75, 3.05) is 22.0 Å². The van der Waals surface area contributed by atoms with Crippen LogP contribution in [0.3, 0.4) is 0 Å². The summed E-state index contributed by atoms with van der Waals surface area (Å²) >= 11 is 0. The summed E-state index contributed by atoms with van der Waals surface area (Å²) in [6.07, 6.45) is 0. The molecule has 0 bridgehead atoms. The van der Waals surface area contributed by atoms with Gasteiger partial charge in [0, 0.05) is 18.3 Å². The number of carbonyl (C=O) groups excluding carboxylic acids is 2. The van der Waals surface area contributed by atoms with Gasteiger partial charge in [-0.15, -0.1) is 0 Å². The summed E-state index contributed by atoms with van der Waals surface area (Å²) in [5.41, 5.74) is 2.27. The van der Waals surface area contributed by atoms with Crippen LogP contribution in [0.15, 0.2) is 108 Å². The Bertz CT molecular complexity index is 1520. The molecular weight excluding hydrogens is 502 g/mol. The fourth-order valence-electron chi connectivity index (χ4n) is 3.85. The van der Waals surface area contributed by atoms with Gasteiger partial charge in [0.2, 0.25) is 5.91 Å². The number of anilines is 3. The summed E-state index contributed by atoms with van der Waals surface area (Å²) in [5, 5.41) is 5.49. The quantitative estimate of drug-likeness (QED) is 0.306. The van der Waals surface area contributed by atoms with E-state index >= 15 is 0 Å². The Morgan fingerprint density at radius 1 is 0.763 bits per heavy atom. The van der Waals surface area contributed by atoms with Gasteiger partial charge in [-0.05, 0) is 66.2 Å². The number of rotatable bonds is 9. The number of nitrogens with one attached hydrogen (secondary N) is 2. The van der Waals surface area contributed by atoms with Crippen LogP contribution in [0, 0.1) is 0 Å². The number of carbonyl (C=O) groups is 2. The van der Waals surface area contributed by atoms with E-state index in [1.165, 1.54) is 30.5 Å². The number of sulfonamides is 1. The van der Waals surface area contributed by atoms with E-state index in [0.29, 0.717) is 17.1 Å². The molecule has 0 aliphatic carbocycles. The minimum atomic E-state index is -4.07. The highest BCUT2D eigenvalue weighted by Gasteiger charge is 2.28. The lowest BCUT2D eigenvalue weighted by molar-refractivity contribution is -0.114. The van der Waals surface area contributed by atoms with E-state index in [0.717, 1.165) is 5.56 Å². The molecule has 0 aliphatic heterocycles. The predicted octanol–water partition coefficient (Wildman–Crippen LogP) is 5.30. The van der Waals surface area contributed by atoms with E-state index in [4.69, 9.17) is 4.74 Å². The van der Waals surface area contributed by atoms with E-state index in [2.05, 4.69) is 10.6 Å². The first-order chi connectivity index (χ1) is 18.3. The molecule has 0 atom stereocenters. The van der Waals surface area contributed by atoms with Crippen molar-refractivity contribution in [1.82, 2.24) is 0 Å². The molecular formula is C29H27N3O5S. The molecule has 2 amide bonds. The zero-order chi connectivity index (χ0) is 27.1. The fraction of sp³-hybridized carbons (Fsp3) is 0.103. The molecule has 0 aliphatic rings. The first kappa shape index (κ1) is 26.4. The van der Waals surface area contributed by atoms with Gasteiger partial charge in [-0.2, -0.15) is 0 Å². The molecule has 8 nitrogen and oxygen atoms in total. The number of benzene rings is 4. The second-order valence-electron chi connectivity index (χ2n) is 8.40. The van der Waals surface area contributed by atoms with E-state index in [9.17, 15) is 18.0 Å². The van der Waals surface area contributed by atoms with Crippen LogP contribution >= 0.6 is 0 Å². The molecule has 0 radical (unpaired) electrons. The smallest absolute Gasteiger partial charge is 0.264 e. The van der Waals surface area contributed by atoms with E-state index < -0.39 is 15.9 Å². The van der Waals surface area contributed by atoms with Gasteiger partial charge in [0.15, 0.2) is 0 Å². The second kappa shape index (κ2) is 11.6. The van der Waals surface area contributed by atoms with Crippen molar-refractivity contribution >= 4 is 38.9 Å². The highest BCUT2D eigenvalue weighted by Crippen LogP contribution is 2.30. The van der Waals surface area contributed by atoms with Gasteiger partial charge in [-0.1, -0.05) is 42.5 Å². The molecule has 0 unspecified atom stereocenters. The molecule has 0 saturated carbocycles. The number of ether oxygens (including phenoxy) is 1. The largest absolute Gasteiger partial charge is 0.497 e. The van der Waals surface area contributed by atoms with Gasteiger partial charge >= 0.3 is 0 Å². The van der Waals surface area contributed by atoms with Crippen LogP contribution in [0.25, 0.3) is 0 Å². The zero-order valence-electron chi connectivity index (χ0n) is 20.9. The van der Waals surface area contributed by atoms with Gasteiger partial charge in [-0.25, -0.2) is 8.42 Å². The van der Waals surface area contributed by atoms with Crippen LogP contribution in [0.1, 0.15) is 22.8 Å². The summed E-state index contributed by atoms with van der Waals surface area (Å²) in [6.45, 7) is 1.43. The van der Waals surface area contributed by atoms with Gasteiger partial charge in [0.1, 0.15) is 5.75 Å². The monoisotopic (exact) mass is 529 g/mol. The number of nitrogens with zero attached hydrogens (tertiary/aromatic N) is 1. The summed E-state index contributed by atoms with van der Waals surface area (Å²) in [6, 6.07) is 28.5. The van der Waals surface area contributed by atoms with Crippen LogP contribution in [0.4, 0.5) is 17.1 Å². The Hall–Kier alpha value is -4.63. The Balaban J connectivity index is 1.71. The lowest BCUT2D eigenvalue weighted by Gasteiger charge is -2.26. The third-order valence-electron chi connectivity index (χ3n) is 5.70. The lowest BCUT2D eigenvalue weighted by atomic mass is 10.1. The Morgan fingerprint density at radius 3 is 1.95 bits per heavy atom. The maximum Gasteiger partial charge on any atom is 0.264 e. The summed E-state index contributed by atoms with van der Waals surface area (Å²) in [7, 11) is -2.56. The minimum absolute atomic E-state index is 0.0188. The molecule has 194 valence electrons. The van der Waals surface area contributed by atoms with E-state index in [1.807, 2.05) is 30.3 Å². The average Bonchev–Trinajstić information content (AvgIpc) is 2.93. The predicted molar refractivity (Wildman–Crippen MR) is 148 cm³/mol. The third-order valence-corrected chi connectivity index (χ3v) is 7.47.